The molecule has 0 heterocycles. The van der Waals surface area contributed by atoms with Gasteiger partial charge in [-0.05, 0) is 12.8 Å². The summed E-state index contributed by atoms with van der Waals surface area (Å²) in [6.07, 6.45) is 48.8. The van der Waals surface area contributed by atoms with Gasteiger partial charge in [0.15, 0.2) is 0 Å². The minimum atomic E-state index is -4.55. The summed E-state index contributed by atoms with van der Waals surface area (Å²) in [5.41, 5.74) is 0. The lowest BCUT2D eigenvalue weighted by atomic mass is 10.0. The predicted molar refractivity (Wildman–Crippen MR) is 252 cm³/mol. The number of quaternary nitrogens is 1. The molecule has 2 N–H and O–H groups in total. The van der Waals surface area contributed by atoms with Crippen LogP contribution >= 0.6 is 7.82 Å². The summed E-state index contributed by atoms with van der Waals surface area (Å²) in [7, 11) is 1.32. The monoisotopic (exact) mass is 859 g/mol. The van der Waals surface area contributed by atoms with Crippen molar-refractivity contribution < 1.29 is 32.9 Å². The fourth-order valence-electron chi connectivity index (χ4n) is 7.98. The summed E-state index contributed by atoms with van der Waals surface area (Å²) in [5, 5.41) is 13.9. The number of hydrogen-bond acceptors (Lipinski definition) is 6. The van der Waals surface area contributed by atoms with E-state index in [2.05, 4.69) is 19.2 Å². The van der Waals surface area contributed by atoms with Gasteiger partial charge in [-0.2, -0.15) is 0 Å². The minimum absolute atomic E-state index is 0.0157. The molecule has 0 bridgehead atoms. The highest BCUT2D eigenvalue weighted by Gasteiger charge is 2.24. The van der Waals surface area contributed by atoms with Gasteiger partial charge in [0.2, 0.25) is 5.91 Å². The zero-order chi connectivity index (χ0) is 43.6. The number of hydrogen-bond donors (Lipinski definition) is 2. The second-order valence-corrected chi connectivity index (χ2v) is 20.7. The molecule has 0 aromatic heterocycles. The second-order valence-electron chi connectivity index (χ2n) is 19.2. The maximum absolute atomic E-state index is 12.8. The van der Waals surface area contributed by atoms with Crippen LogP contribution in [-0.4, -0.2) is 68.5 Å². The van der Waals surface area contributed by atoms with E-state index < -0.39 is 20.0 Å². The van der Waals surface area contributed by atoms with Crippen molar-refractivity contribution in [3.8, 4) is 0 Å². The highest BCUT2D eigenvalue weighted by Crippen LogP contribution is 2.38. The number of likely N-dealkylation sites (N-methyl/N-ethyl adjacent to an activating group) is 1. The summed E-state index contributed by atoms with van der Waals surface area (Å²) < 4.78 is 23.2. The molecule has 3 atom stereocenters. The van der Waals surface area contributed by atoms with Gasteiger partial charge in [-0.25, -0.2) is 0 Å². The Morgan fingerprint density at radius 2 is 0.831 bits per heavy atom. The van der Waals surface area contributed by atoms with E-state index in [1.54, 1.807) is 0 Å². The quantitative estimate of drug-likeness (QED) is 0.0358. The van der Waals surface area contributed by atoms with Crippen molar-refractivity contribution >= 4 is 13.7 Å². The Balaban J connectivity index is 3.89. The lowest BCUT2D eigenvalue weighted by Crippen LogP contribution is -2.46. The third kappa shape index (κ3) is 45.3. The molecule has 0 aliphatic heterocycles. The van der Waals surface area contributed by atoms with Gasteiger partial charge in [0.1, 0.15) is 13.2 Å². The number of carbonyl (C=O) groups excluding carboxylic acids is 1. The SMILES string of the molecule is CCCCCCCCCCCCCCCCCCCCCCCCCCCCCCCCC(O)C(COP(=O)([O-])OCC[N+](C)(C)C)NC(=O)CCCCCCCCC. The van der Waals surface area contributed by atoms with Gasteiger partial charge in [-0.3, -0.25) is 9.36 Å². The van der Waals surface area contributed by atoms with Gasteiger partial charge in [0.05, 0.1) is 39.9 Å². The lowest BCUT2D eigenvalue weighted by molar-refractivity contribution is -0.870. The largest absolute Gasteiger partial charge is 0.756 e. The van der Waals surface area contributed by atoms with Crippen molar-refractivity contribution in [1.82, 2.24) is 5.32 Å². The Morgan fingerprint density at radius 1 is 0.525 bits per heavy atom. The molecule has 0 radical (unpaired) electrons. The number of carbonyl (C=O) groups is 1. The summed E-state index contributed by atoms with van der Waals surface area (Å²) in [5.74, 6) is -0.168. The van der Waals surface area contributed by atoms with Crippen LogP contribution in [0.15, 0.2) is 0 Å². The van der Waals surface area contributed by atoms with Crippen molar-refractivity contribution in [2.75, 3.05) is 40.9 Å². The first-order chi connectivity index (χ1) is 28.5. The predicted octanol–water partition coefficient (Wildman–Crippen LogP) is 14.3. The van der Waals surface area contributed by atoms with Crippen LogP contribution in [0.5, 0.6) is 0 Å². The first kappa shape index (κ1) is 58.5. The van der Waals surface area contributed by atoms with E-state index in [0.717, 1.165) is 38.5 Å². The first-order valence-corrected chi connectivity index (χ1v) is 27.3. The van der Waals surface area contributed by atoms with Crippen molar-refractivity contribution in [2.24, 2.45) is 0 Å². The number of phosphoric ester groups is 1. The van der Waals surface area contributed by atoms with E-state index in [0.29, 0.717) is 23.9 Å². The van der Waals surface area contributed by atoms with Gasteiger partial charge >= 0.3 is 0 Å². The molecular weight excluding hydrogens is 756 g/mol. The van der Waals surface area contributed by atoms with E-state index in [1.807, 2.05) is 21.1 Å². The van der Waals surface area contributed by atoms with E-state index in [9.17, 15) is 19.4 Å². The molecule has 8 nitrogen and oxygen atoms in total. The Bertz CT molecular complexity index is 932. The maximum atomic E-state index is 12.8. The fourth-order valence-corrected chi connectivity index (χ4v) is 8.71. The molecule has 0 aliphatic carbocycles. The molecule has 0 saturated carbocycles. The second kappa shape index (κ2) is 42.8. The number of nitrogens with zero attached hydrogens (tertiary/aromatic N) is 1. The van der Waals surface area contributed by atoms with Gasteiger partial charge in [0.25, 0.3) is 7.82 Å². The van der Waals surface area contributed by atoms with E-state index >= 15 is 0 Å². The smallest absolute Gasteiger partial charge is 0.268 e. The van der Waals surface area contributed by atoms with Crippen molar-refractivity contribution in [2.45, 2.75) is 276 Å². The molecule has 0 spiro atoms. The third-order valence-corrected chi connectivity index (χ3v) is 13.1. The first-order valence-electron chi connectivity index (χ1n) is 25.9. The van der Waals surface area contributed by atoms with E-state index in [-0.39, 0.29) is 19.1 Å². The number of aliphatic hydroxyl groups is 1. The van der Waals surface area contributed by atoms with Crippen LogP contribution < -0.4 is 10.2 Å². The van der Waals surface area contributed by atoms with Gasteiger partial charge in [0, 0.05) is 6.42 Å². The molecular formula is C50H103N2O6P. The summed E-state index contributed by atoms with van der Waals surface area (Å²) >= 11 is 0. The summed E-state index contributed by atoms with van der Waals surface area (Å²) in [6, 6.07) is -0.792. The molecule has 3 unspecified atom stereocenters. The van der Waals surface area contributed by atoms with Crippen LogP contribution in [0.3, 0.4) is 0 Å². The average Bonchev–Trinajstić information content (AvgIpc) is 3.19. The van der Waals surface area contributed by atoms with Crippen molar-refractivity contribution in [3.05, 3.63) is 0 Å². The van der Waals surface area contributed by atoms with Crippen molar-refractivity contribution in [1.29, 1.82) is 0 Å². The van der Waals surface area contributed by atoms with Gasteiger partial charge in [-0.1, -0.05) is 245 Å². The van der Waals surface area contributed by atoms with Crippen LogP contribution in [-0.2, 0) is 18.4 Å². The van der Waals surface area contributed by atoms with E-state index in [1.165, 1.54) is 199 Å². The highest BCUT2D eigenvalue weighted by atomic mass is 31.2. The van der Waals surface area contributed by atoms with E-state index in [4.69, 9.17) is 9.05 Å². The number of aliphatic hydroxyl groups excluding tert-OH is 1. The molecule has 354 valence electrons. The Morgan fingerprint density at radius 3 is 1.15 bits per heavy atom. The summed E-state index contributed by atoms with van der Waals surface area (Å²) in [4.78, 5) is 25.2. The van der Waals surface area contributed by atoms with Crippen LogP contribution in [0.25, 0.3) is 0 Å². The van der Waals surface area contributed by atoms with Crippen LogP contribution in [0, 0.1) is 0 Å². The normalized spacial score (nSPS) is 14.1. The molecule has 59 heavy (non-hydrogen) atoms. The number of rotatable bonds is 48. The molecule has 9 heteroatoms. The highest BCUT2D eigenvalue weighted by molar-refractivity contribution is 7.45. The Kier molecular flexibility index (Phi) is 42.4. The molecule has 1 amide bonds. The number of phosphoric acid groups is 1. The average molecular weight is 859 g/mol. The standard InChI is InChI=1S/C50H103N2O6P/c1-6-8-10-12-14-15-16-17-18-19-20-21-22-23-24-25-26-27-28-29-30-31-32-33-34-35-36-38-39-41-43-49(53)48(47-58-59(55,56)57-46-45-52(3,4)5)51-50(54)44-42-40-37-13-11-9-7-2/h48-49,53H,6-47H2,1-5H3,(H-,51,54,55,56). The van der Waals surface area contributed by atoms with Gasteiger partial charge in [-0.15, -0.1) is 0 Å². The molecule has 0 aromatic carbocycles. The molecule has 0 fully saturated rings. The Hall–Kier alpha value is -0.500. The fraction of sp³-hybridized carbons (Fsp3) is 0.980. The molecule has 0 aliphatic rings. The minimum Gasteiger partial charge on any atom is -0.756 e. The zero-order valence-electron chi connectivity index (χ0n) is 40.2. The van der Waals surface area contributed by atoms with Gasteiger partial charge < -0.3 is 28.8 Å². The third-order valence-electron chi connectivity index (χ3n) is 12.1. The van der Waals surface area contributed by atoms with Crippen molar-refractivity contribution in [3.63, 3.8) is 0 Å². The topological polar surface area (TPSA) is 108 Å². The van der Waals surface area contributed by atoms with Crippen LogP contribution in [0.1, 0.15) is 264 Å². The number of unbranched alkanes of at least 4 members (excludes halogenated alkanes) is 35. The lowest BCUT2D eigenvalue weighted by Gasteiger charge is -2.30. The zero-order valence-corrected chi connectivity index (χ0v) is 41.1. The maximum Gasteiger partial charge on any atom is 0.268 e. The molecule has 0 saturated heterocycles. The molecule has 0 rings (SSSR count). The number of amides is 1. The van der Waals surface area contributed by atoms with Crippen LogP contribution in [0.2, 0.25) is 0 Å². The number of nitrogens with one attached hydrogen (secondary N) is 1. The summed E-state index contributed by atoms with van der Waals surface area (Å²) in [6.45, 7) is 4.70. The Labute approximate surface area is 368 Å². The molecule has 0 aromatic rings. The van der Waals surface area contributed by atoms with Crippen LogP contribution in [0.4, 0.5) is 0 Å².